The highest BCUT2D eigenvalue weighted by atomic mass is 16.3. The summed E-state index contributed by atoms with van der Waals surface area (Å²) in [5, 5.41) is 9.90. The number of fused-ring (bicyclic) bond motifs is 3. The van der Waals surface area contributed by atoms with Crippen molar-refractivity contribution in [1.29, 1.82) is 5.41 Å². The lowest BCUT2D eigenvalue weighted by atomic mass is 9.89. The van der Waals surface area contributed by atoms with Crippen LogP contribution in [0.4, 0.5) is 0 Å². The maximum absolute atomic E-state index is 7.86. The molecule has 1 heterocycles. The summed E-state index contributed by atoms with van der Waals surface area (Å²) in [4.78, 5) is 0. The van der Waals surface area contributed by atoms with Gasteiger partial charge in [0, 0.05) is 22.6 Å². The van der Waals surface area contributed by atoms with E-state index in [9.17, 15) is 0 Å². The Morgan fingerprint density at radius 1 is 0.824 bits per heavy atom. The fraction of sp³-hybridized carbons (Fsp3) is 0.0938. The summed E-state index contributed by atoms with van der Waals surface area (Å²) in [6, 6.07) is 29.5. The van der Waals surface area contributed by atoms with Crippen LogP contribution in [0.25, 0.3) is 49.8 Å². The summed E-state index contributed by atoms with van der Waals surface area (Å²) in [5.74, 6) is 0. The largest absolute Gasteiger partial charge is 0.456 e. The van der Waals surface area contributed by atoms with Crippen LogP contribution in [0.5, 0.6) is 0 Å². The first-order valence-electron chi connectivity index (χ1n) is 11.7. The van der Waals surface area contributed by atoms with E-state index >= 15 is 0 Å². The molecule has 2 nitrogen and oxygen atoms in total. The SMILES string of the molecule is C/C=C\C(=C/CC)c1cc(-c2ccccc2)ccc1-c1ccc2oc3cccc(C=N)c3c2c1. The fourth-order valence-electron chi connectivity index (χ4n) is 4.65. The second-order valence-electron chi connectivity index (χ2n) is 8.37. The number of benzene rings is 4. The molecule has 0 unspecified atom stereocenters. The Bertz CT molecular complexity index is 1550. The van der Waals surface area contributed by atoms with Crippen LogP contribution in [0.1, 0.15) is 31.4 Å². The molecule has 0 aliphatic rings. The molecule has 2 heteroatoms. The van der Waals surface area contributed by atoms with Gasteiger partial charge in [-0.2, -0.15) is 0 Å². The zero-order valence-electron chi connectivity index (χ0n) is 19.5. The maximum atomic E-state index is 7.86. The number of hydrogen-bond acceptors (Lipinski definition) is 2. The second-order valence-corrected chi connectivity index (χ2v) is 8.37. The van der Waals surface area contributed by atoms with Gasteiger partial charge in [-0.25, -0.2) is 0 Å². The highest BCUT2D eigenvalue weighted by Crippen LogP contribution is 2.38. The first-order valence-corrected chi connectivity index (χ1v) is 11.7. The van der Waals surface area contributed by atoms with Gasteiger partial charge < -0.3 is 9.83 Å². The van der Waals surface area contributed by atoms with Crippen molar-refractivity contribution in [3.63, 3.8) is 0 Å². The van der Waals surface area contributed by atoms with Crippen molar-refractivity contribution in [1.82, 2.24) is 0 Å². The van der Waals surface area contributed by atoms with Crippen LogP contribution >= 0.6 is 0 Å². The lowest BCUT2D eigenvalue weighted by Crippen LogP contribution is -1.91. The van der Waals surface area contributed by atoms with E-state index in [0.29, 0.717) is 0 Å². The van der Waals surface area contributed by atoms with E-state index in [1.165, 1.54) is 34.0 Å². The molecule has 1 N–H and O–H groups in total. The number of nitrogens with one attached hydrogen (secondary N) is 1. The first kappa shape index (κ1) is 21.7. The zero-order valence-corrected chi connectivity index (χ0v) is 19.5. The van der Waals surface area contributed by atoms with Crippen LogP contribution in [0.3, 0.4) is 0 Å². The topological polar surface area (TPSA) is 37.0 Å². The number of rotatable bonds is 6. The van der Waals surface area contributed by atoms with Gasteiger partial charge in [-0.3, -0.25) is 0 Å². The lowest BCUT2D eigenvalue weighted by molar-refractivity contribution is 0.669. The quantitative estimate of drug-likeness (QED) is 0.207. The van der Waals surface area contributed by atoms with Gasteiger partial charge in [0.1, 0.15) is 11.2 Å². The molecule has 5 rings (SSSR count). The van der Waals surface area contributed by atoms with Gasteiger partial charge in [-0.15, -0.1) is 0 Å². The molecule has 0 radical (unpaired) electrons. The van der Waals surface area contributed by atoms with E-state index in [1.54, 1.807) is 0 Å². The molecule has 0 aliphatic heterocycles. The minimum Gasteiger partial charge on any atom is -0.456 e. The third kappa shape index (κ3) is 3.88. The molecule has 0 saturated heterocycles. The number of hydrogen-bond donors (Lipinski definition) is 1. The smallest absolute Gasteiger partial charge is 0.136 e. The molecule has 34 heavy (non-hydrogen) atoms. The molecule has 0 spiro atoms. The summed E-state index contributed by atoms with van der Waals surface area (Å²) in [6.45, 7) is 4.24. The van der Waals surface area contributed by atoms with E-state index < -0.39 is 0 Å². The maximum Gasteiger partial charge on any atom is 0.136 e. The summed E-state index contributed by atoms with van der Waals surface area (Å²) in [6.07, 6.45) is 8.94. The van der Waals surface area contributed by atoms with Crippen LogP contribution in [-0.4, -0.2) is 6.21 Å². The fourth-order valence-corrected chi connectivity index (χ4v) is 4.65. The van der Waals surface area contributed by atoms with Gasteiger partial charge in [-0.05, 0) is 71.0 Å². The van der Waals surface area contributed by atoms with Gasteiger partial charge in [0.2, 0.25) is 0 Å². The third-order valence-corrected chi connectivity index (χ3v) is 6.20. The van der Waals surface area contributed by atoms with E-state index in [0.717, 1.165) is 39.5 Å². The average molecular weight is 442 g/mol. The van der Waals surface area contributed by atoms with Gasteiger partial charge in [0.05, 0.1) is 0 Å². The van der Waals surface area contributed by atoms with Crippen molar-refractivity contribution in [3.05, 3.63) is 114 Å². The molecule has 0 amide bonds. The second kappa shape index (κ2) is 9.36. The molecule has 4 aromatic carbocycles. The standard InChI is InChI=1S/C32H27NO/c1-3-9-23(10-4-2)28-19-24(22-11-6-5-7-12-22)15-17-27(28)25-16-18-30-29(20-25)32-26(21-33)13-8-14-31(32)34-30/h3,5-21,33H,4H2,1-2H3/b9-3-,23-10+,33-21?. The average Bonchev–Trinajstić information content (AvgIpc) is 3.27. The van der Waals surface area contributed by atoms with E-state index in [1.807, 2.05) is 30.3 Å². The van der Waals surface area contributed by atoms with Gasteiger partial charge in [0.25, 0.3) is 0 Å². The van der Waals surface area contributed by atoms with Gasteiger partial charge >= 0.3 is 0 Å². The van der Waals surface area contributed by atoms with Crippen LogP contribution in [-0.2, 0) is 0 Å². The van der Waals surface area contributed by atoms with Gasteiger partial charge in [0.15, 0.2) is 0 Å². The Kier molecular flexibility index (Phi) is 5.97. The Labute approximate surface area is 200 Å². The summed E-state index contributed by atoms with van der Waals surface area (Å²) in [5.41, 5.74) is 9.67. The van der Waals surface area contributed by atoms with Gasteiger partial charge in [-0.1, -0.05) is 85.8 Å². The summed E-state index contributed by atoms with van der Waals surface area (Å²) in [7, 11) is 0. The predicted molar refractivity (Wildman–Crippen MR) is 146 cm³/mol. The zero-order chi connectivity index (χ0) is 23.5. The molecule has 0 aliphatic carbocycles. The summed E-state index contributed by atoms with van der Waals surface area (Å²) >= 11 is 0. The van der Waals surface area contributed by atoms with E-state index in [-0.39, 0.29) is 0 Å². The van der Waals surface area contributed by atoms with Crippen molar-refractivity contribution in [2.75, 3.05) is 0 Å². The third-order valence-electron chi connectivity index (χ3n) is 6.20. The lowest BCUT2D eigenvalue weighted by Gasteiger charge is -2.14. The minimum absolute atomic E-state index is 0.813. The monoisotopic (exact) mass is 441 g/mol. The van der Waals surface area contributed by atoms with E-state index in [2.05, 4.69) is 86.7 Å². The van der Waals surface area contributed by atoms with Crippen LogP contribution < -0.4 is 0 Å². The molecular weight excluding hydrogens is 414 g/mol. The molecule has 0 atom stereocenters. The van der Waals surface area contributed by atoms with Crippen LogP contribution in [0.15, 0.2) is 108 Å². The molecule has 166 valence electrons. The first-order chi connectivity index (χ1) is 16.7. The molecule has 1 aromatic heterocycles. The Morgan fingerprint density at radius 3 is 2.41 bits per heavy atom. The normalized spacial score (nSPS) is 12.1. The highest BCUT2D eigenvalue weighted by molar-refractivity contribution is 6.13. The van der Waals surface area contributed by atoms with Crippen molar-refractivity contribution in [3.8, 4) is 22.3 Å². The van der Waals surface area contributed by atoms with Crippen molar-refractivity contribution >= 4 is 33.7 Å². The Morgan fingerprint density at radius 2 is 1.65 bits per heavy atom. The molecule has 0 fully saturated rings. The summed E-state index contributed by atoms with van der Waals surface area (Å²) < 4.78 is 6.09. The number of allylic oxidation sites excluding steroid dienone is 4. The van der Waals surface area contributed by atoms with Crippen LogP contribution in [0, 0.1) is 5.41 Å². The van der Waals surface area contributed by atoms with Crippen LogP contribution in [0.2, 0.25) is 0 Å². The van der Waals surface area contributed by atoms with Crippen molar-refractivity contribution < 1.29 is 4.42 Å². The number of furan rings is 1. The molecular formula is C32H27NO. The minimum atomic E-state index is 0.813. The Balaban J connectivity index is 1.76. The van der Waals surface area contributed by atoms with Crippen molar-refractivity contribution in [2.45, 2.75) is 20.3 Å². The predicted octanol–water partition coefficient (Wildman–Crippen LogP) is 9.29. The highest BCUT2D eigenvalue weighted by Gasteiger charge is 2.14. The van der Waals surface area contributed by atoms with E-state index in [4.69, 9.17) is 9.83 Å². The molecule has 5 aromatic rings. The Hall–Kier alpha value is -4.17. The molecule has 0 bridgehead atoms. The van der Waals surface area contributed by atoms with Crippen molar-refractivity contribution in [2.24, 2.45) is 0 Å². The molecule has 0 saturated carbocycles.